The van der Waals surface area contributed by atoms with Crippen molar-refractivity contribution in [2.45, 2.75) is 32.4 Å². The molecule has 0 saturated carbocycles. The lowest BCUT2D eigenvalue weighted by Crippen LogP contribution is -2.37. The van der Waals surface area contributed by atoms with Gasteiger partial charge in [0.2, 0.25) is 0 Å². The summed E-state index contributed by atoms with van der Waals surface area (Å²) in [7, 11) is 0. The Balaban J connectivity index is 1.69. The Bertz CT molecular complexity index is 271. The van der Waals surface area contributed by atoms with Crippen LogP contribution in [0.5, 0.6) is 0 Å². The molecule has 0 spiro atoms. The summed E-state index contributed by atoms with van der Waals surface area (Å²) < 4.78 is 0. The highest BCUT2D eigenvalue weighted by Gasteiger charge is 2.21. The first-order valence-corrected chi connectivity index (χ1v) is 6.80. The van der Waals surface area contributed by atoms with Crippen molar-refractivity contribution >= 4 is 11.3 Å². The standard InChI is InChI=1S/C12H20N2S/c1-2-14-6-3-4-12(14)9-13-8-11-5-7-15-10-11/h5,7,10,12-13H,2-4,6,8-9H2,1H3/t12-/m0/s1. The summed E-state index contributed by atoms with van der Waals surface area (Å²) in [6.07, 6.45) is 2.74. The maximum atomic E-state index is 3.56. The molecule has 1 aromatic rings. The first-order valence-electron chi connectivity index (χ1n) is 5.86. The monoisotopic (exact) mass is 224 g/mol. The van der Waals surface area contributed by atoms with E-state index in [-0.39, 0.29) is 0 Å². The quantitative estimate of drug-likeness (QED) is 0.826. The highest BCUT2D eigenvalue weighted by atomic mass is 32.1. The van der Waals surface area contributed by atoms with Crippen LogP contribution in [0.2, 0.25) is 0 Å². The molecule has 1 aliphatic rings. The second-order valence-electron chi connectivity index (χ2n) is 4.19. The van der Waals surface area contributed by atoms with E-state index in [2.05, 4.69) is 34.0 Å². The predicted octanol–water partition coefficient (Wildman–Crippen LogP) is 2.32. The van der Waals surface area contributed by atoms with Gasteiger partial charge in [-0.15, -0.1) is 0 Å². The molecule has 1 fully saturated rings. The number of thiophene rings is 1. The van der Waals surface area contributed by atoms with Crippen LogP contribution in [0.25, 0.3) is 0 Å². The normalized spacial score (nSPS) is 22.3. The van der Waals surface area contributed by atoms with Crippen molar-refractivity contribution in [2.75, 3.05) is 19.6 Å². The lowest BCUT2D eigenvalue weighted by Gasteiger charge is -2.22. The van der Waals surface area contributed by atoms with Crippen molar-refractivity contribution in [3.8, 4) is 0 Å². The summed E-state index contributed by atoms with van der Waals surface area (Å²) in [4.78, 5) is 2.58. The zero-order valence-corrected chi connectivity index (χ0v) is 10.2. The molecule has 2 nitrogen and oxygen atoms in total. The van der Waals surface area contributed by atoms with E-state index in [1.54, 1.807) is 11.3 Å². The van der Waals surface area contributed by atoms with Crippen LogP contribution in [-0.4, -0.2) is 30.6 Å². The minimum Gasteiger partial charge on any atom is -0.311 e. The number of nitrogens with one attached hydrogen (secondary N) is 1. The Morgan fingerprint density at radius 3 is 3.27 bits per heavy atom. The van der Waals surface area contributed by atoms with Crippen LogP contribution < -0.4 is 5.32 Å². The molecule has 1 N–H and O–H groups in total. The Labute approximate surface area is 96.3 Å². The summed E-state index contributed by atoms with van der Waals surface area (Å²) in [6, 6.07) is 2.97. The van der Waals surface area contributed by atoms with Crippen molar-refractivity contribution in [1.82, 2.24) is 10.2 Å². The van der Waals surface area contributed by atoms with Crippen LogP contribution >= 0.6 is 11.3 Å². The van der Waals surface area contributed by atoms with Crippen molar-refractivity contribution in [2.24, 2.45) is 0 Å². The molecular formula is C12H20N2S. The van der Waals surface area contributed by atoms with Crippen LogP contribution in [0.3, 0.4) is 0 Å². The lowest BCUT2D eigenvalue weighted by molar-refractivity contribution is 0.260. The number of hydrogen-bond donors (Lipinski definition) is 1. The van der Waals surface area contributed by atoms with Crippen molar-refractivity contribution in [3.63, 3.8) is 0 Å². The second kappa shape index (κ2) is 5.64. The minimum atomic E-state index is 0.772. The topological polar surface area (TPSA) is 15.3 Å². The van der Waals surface area contributed by atoms with Crippen molar-refractivity contribution < 1.29 is 0 Å². The number of hydrogen-bond acceptors (Lipinski definition) is 3. The van der Waals surface area contributed by atoms with E-state index in [4.69, 9.17) is 0 Å². The maximum Gasteiger partial charge on any atom is 0.0221 e. The average molecular weight is 224 g/mol. The van der Waals surface area contributed by atoms with Gasteiger partial charge in [0.15, 0.2) is 0 Å². The third kappa shape index (κ3) is 3.03. The number of nitrogens with zero attached hydrogens (tertiary/aromatic N) is 1. The zero-order valence-electron chi connectivity index (χ0n) is 9.41. The molecule has 1 aromatic heterocycles. The Kier molecular flexibility index (Phi) is 4.18. The number of likely N-dealkylation sites (N-methyl/N-ethyl adjacent to an activating group) is 1. The molecule has 0 aromatic carbocycles. The number of likely N-dealkylation sites (tertiary alicyclic amines) is 1. The van der Waals surface area contributed by atoms with E-state index < -0.39 is 0 Å². The fourth-order valence-electron chi connectivity index (χ4n) is 2.32. The number of rotatable bonds is 5. The Morgan fingerprint density at radius 2 is 2.53 bits per heavy atom. The van der Waals surface area contributed by atoms with Crippen LogP contribution in [-0.2, 0) is 6.54 Å². The highest BCUT2D eigenvalue weighted by Crippen LogP contribution is 2.15. The maximum absolute atomic E-state index is 3.56. The van der Waals surface area contributed by atoms with Gasteiger partial charge in [-0.05, 0) is 48.3 Å². The molecule has 0 bridgehead atoms. The Hall–Kier alpha value is -0.380. The lowest BCUT2D eigenvalue weighted by atomic mass is 10.2. The van der Waals surface area contributed by atoms with Crippen molar-refractivity contribution in [3.05, 3.63) is 22.4 Å². The predicted molar refractivity (Wildman–Crippen MR) is 66.3 cm³/mol. The zero-order chi connectivity index (χ0) is 10.5. The second-order valence-corrected chi connectivity index (χ2v) is 4.97. The molecule has 1 saturated heterocycles. The van der Waals surface area contributed by atoms with E-state index in [0.717, 1.165) is 19.1 Å². The van der Waals surface area contributed by atoms with Gasteiger partial charge in [0.1, 0.15) is 0 Å². The van der Waals surface area contributed by atoms with Gasteiger partial charge in [0, 0.05) is 19.1 Å². The molecule has 0 aliphatic carbocycles. The highest BCUT2D eigenvalue weighted by molar-refractivity contribution is 7.07. The molecule has 84 valence electrons. The van der Waals surface area contributed by atoms with E-state index in [9.17, 15) is 0 Å². The SMILES string of the molecule is CCN1CCC[C@H]1CNCc1ccsc1. The molecule has 2 heterocycles. The fourth-order valence-corrected chi connectivity index (χ4v) is 2.99. The largest absolute Gasteiger partial charge is 0.311 e. The molecule has 15 heavy (non-hydrogen) atoms. The van der Waals surface area contributed by atoms with Gasteiger partial charge >= 0.3 is 0 Å². The van der Waals surface area contributed by atoms with Crippen LogP contribution in [0.4, 0.5) is 0 Å². The third-order valence-corrected chi connectivity index (χ3v) is 3.93. The fraction of sp³-hybridized carbons (Fsp3) is 0.667. The smallest absolute Gasteiger partial charge is 0.0221 e. The summed E-state index contributed by atoms with van der Waals surface area (Å²) in [5.41, 5.74) is 1.42. The first-order chi connectivity index (χ1) is 7.40. The first kappa shape index (κ1) is 11.1. The van der Waals surface area contributed by atoms with E-state index in [1.165, 1.54) is 31.5 Å². The minimum absolute atomic E-state index is 0.772. The molecule has 0 radical (unpaired) electrons. The van der Waals surface area contributed by atoms with Crippen molar-refractivity contribution in [1.29, 1.82) is 0 Å². The van der Waals surface area contributed by atoms with Crippen LogP contribution in [0.1, 0.15) is 25.3 Å². The molecule has 1 aliphatic heterocycles. The third-order valence-electron chi connectivity index (χ3n) is 3.19. The van der Waals surface area contributed by atoms with E-state index in [0.29, 0.717) is 0 Å². The summed E-state index contributed by atoms with van der Waals surface area (Å²) in [5, 5.41) is 7.92. The molecule has 3 heteroatoms. The van der Waals surface area contributed by atoms with Crippen LogP contribution in [0.15, 0.2) is 16.8 Å². The molecule has 1 atom stereocenters. The van der Waals surface area contributed by atoms with Gasteiger partial charge in [0.25, 0.3) is 0 Å². The van der Waals surface area contributed by atoms with Gasteiger partial charge in [-0.2, -0.15) is 11.3 Å². The molecule has 0 unspecified atom stereocenters. The van der Waals surface area contributed by atoms with E-state index in [1.807, 2.05) is 0 Å². The molecule has 0 amide bonds. The van der Waals surface area contributed by atoms with Gasteiger partial charge < -0.3 is 5.32 Å². The molecule has 2 rings (SSSR count). The van der Waals surface area contributed by atoms with E-state index >= 15 is 0 Å². The summed E-state index contributed by atoms with van der Waals surface area (Å²) in [5.74, 6) is 0. The van der Waals surface area contributed by atoms with Crippen LogP contribution in [0, 0.1) is 0 Å². The van der Waals surface area contributed by atoms with Gasteiger partial charge in [-0.25, -0.2) is 0 Å². The Morgan fingerprint density at radius 1 is 1.60 bits per heavy atom. The average Bonchev–Trinajstić information content (AvgIpc) is 2.88. The summed E-state index contributed by atoms with van der Waals surface area (Å²) >= 11 is 1.78. The van der Waals surface area contributed by atoms with Gasteiger partial charge in [-0.3, -0.25) is 4.90 Å². The summed E-state index contributed by atoms with van der Waals surface area (Å²) in [6.45, 7) is 6.92. The van der Waals surface area contributed by atoms with Gasteiger partial charge in [-0.1, -0.05) is 6.92 Å². The molecular weight excluding hydrogens is 204 g/mol. The van der Waals surface area contributed by atoms with Gasteiger partial charge in [0.05, 0.1) is 0 Å².